The van der Waals surface area contributed by atoms with Gasteiger partial charge < -0.3 is 4.74 Å². The molecular formula is C14H13N5O3S. The molecule has 1 N–H and O–H groups in total. The second kappa shape index (κ2) is 6.63. The monoisotopic (exact) mass is 331 g/mol. The Morgan fingerprint density at radius 1 is 1.35 bits per heavy atom. The van der Waals surface area contributed by atoms with Crippen molar-refractivity contribution in [2.24, 2.45) is 0 Å². The molecule has 2 aromatic heterocycles. The van der Waals surface area contributed by atoms with Gasteiger partial charge >= 0.3 is 0 Å². The van der Waals surface area contributed by atoms with E-state index >= 15 is 0 Å². The van der Waals surface area contributed by atoms with Gasteiger partial charge in [0.2, 0.25) is 11.0 Å². The molecule has 0 atom stereocenters. The number of ether oxygens (including phenoxy) is 1. The molecule has 118 valence electrons. The van der Waals surface area contributed by atoms with Gasteiger partial charge in [0, 0.05) is 12.5 Å². The lowest BCUT2D eigenvalue weighted by atomic mass is 10.2. The lowest BCUT2D eigenvalue weighted by Crippen LogP contribution is -2.29. The Kier molecular flexibility index (Phi) is 4.40. The number of aromatic nitrogens is 4. The highest BCUT2D eigenvalue weighted by Crippen LogP contribution is 2.15. The number of rotatable bonds is 5. The minimum Gasteiger partial charge on any atom is -0.377 e. The Bertz CT molecular complexity index is 905. The number of hydrogen-bond acceptors (Lipinski definition) is 7. The fourth-order valence-electron chi connectivity index (χ4n) is 2.02. The highest BCUT2D eigenvalue weighted by Gasteiger charge is 2.11. The second-order valence-electron chi connectivity index (χ2n) is 4.68. The minimum absolute atomic E-state index is 0.192. The third kappa shape index (κ3) is 3.41. The van der Waals surface area contributed by atoms with Crippen molar-refractivity contribution in [3.63, 3.8) is 0 Å². The summed E-state index contributed by atoms with van der Waals surface area (Å²) in [5.41, 5.74) is -0.310. The molecule has 3 aromatic rings. The highest BCUT2D eigenvalue weighted by atomic mass is 32.1. The van der Waals surface area contributed by atoms with Crippen LogP contribution in [-0.2, 0) is 22.7 Å². The van der Waals surface area contributed by atoms with Gasteiger partial charge in [0.05, 0.1) is 11.6 Å². The normalized spacial score (nSPS) is 10.8. The van der Waals surface area contributed by atoms with Gasteiger partial charge in [-0.05, 0) is 6.07 Å². The van der Waals surface area contributed by atoms with Crippen molar-refractivity contribution in [2.75, 3.05) is 12.4 Å². The maximum atomic E-state index is 12.3. The number of nitrogens with zero attached hydrogens (tertiary/aromatic N) is 4. The van der Waals surface area contributed by atoms with Crippen LogP contribution in [0.4, 0.5) is 5.13 Å². The Morgan fingerprint density at radius 2 is 2.17 bits per heavy atom. The quantitative estimate of drug-likeness (QED) is 0.750. The van der Waals surface area contributed by atoms with Crippen LogP contribution in [0.3, 0.4) is 0 Å². The lowest BCUT2D eigenvalue weighted by Gasteiger charge is -2.05. The number of anilines is 1. The topological polar surface area (TPSA) is 99.0 Å². The molecule has 1 aromatic carbocycles. The molecule has 9 heteroatoms. The number of nitrogens with one attached hydrogen (secondary N) is 1. The molecule has 0 aliphatic heterocycles. The lowest BCUT2D eigenvalue weighted by molar-refractivity contribution is -0.117. The molecule has 0 radical (unpaired) electrons. The largest absolute Gasteiger partial charge is 0.377 e. The van der Waals surface area contributed by atoms with Crippen molar-refractivity contribution in [3.8, 4) is 0 Å². The summed E-state index contributed by atoms with van der Waals surface area (Å²) in [6, 6.07) is 7.10. The molecule has 8 nitrogen and oxygen atoms in total. The van der Waals surface area contributed by atoms with Gasteiger partial charge in [0.1, 0.15) is 18.2 Å². The smallest absolute Gasteiger partial charge is 0.275 e. The van der Waals surface area contributed by atoms with Crippen LogP contribution in [0, 0.1) is 0 Å². The van der Waals surface area contributed by atoms with E-state index in [2.05, 4.69) is 20.6 Å². The molecule has 0 bridgehead atoms. The van der Waals surface area contributed by atoms with E-state index in [-0.39, 0.29) is 12.1 Å². The van der Waals surface area contributed by atoms with Crippen LogP contribution in [0.2, 0.25) is 0 Å². The number of carbonyl (C=O) groups excluding carboxylic acids is 1. The van der Waals surface area contributed by atoms with Gasteiger partial charge in [-0.15, -0.1) is 10.2 Å². The fourth-order valence-corrected chi connectivity index (χ4v) is 2.75. The van der Waals surface area contributed by atoms with Crippen LogP contribution >= 0.6 is 11.3 Å². The zero-order chi connectivity index (χ0) is 16.2. The first-order valence-corrected chi connectivity index (χ1v) is 7.55. The number of methoxy groups -OCH3 is 1. The fraction of sp³-hybridized carbons (Fsp3) is 0.214. The molecule has 3 rings (SSSR count). The van der Waals surface area contributed by atoms with E-state index in [1.54, 1.807) is 31.5 Å². The predicted octanol–water partition coefficient (Wildman–Crippen LogP) is 1.03. The number of fused-ring (bicyclic) bond motifs is 1. The average Bonchev–Trinajstić information content (AvgIpc) is 2.98. The molecule has 0 saturated heterocycles. The van der Waals surface area contributed by atoms with Crippen molar-refractivity contribution >= 4 is 33.1 Å². The number of amides is 1. The molecule has 0 aliphatic rings. The van der Waals surface area contributed by atoms with E-state index in [0.717, 1.165) is 10.1 Å². The summed E-state index contributed by atoms with van der Waals surface area (Å²) in [5.74, 6) is -0.394. The summed E-state index contributed by atoms with van der Waals surface area (Å²) >= 11 is 1.22. The zero-order valence-corrected chi connectivity index (χ0v) is 13.0. The summed E-state index contributed by atoms with van der Waals surface area (Å²) < 4.78 is 6.06. The van der Waals surface area contributed by atoms with Crippen LogP contribution in [0.1, 0.15) is 5.01 Å². The Labute approximate surface area is 134 Å². The number of hydrogen-bond donors (Lipinski definition) is 1. The van der Waals surface area contributed by atoms with E-state index < -0.39 is 5.91 Å². The van der Waals surface area contributed by atoms with Gasteiger partial charge in [-0.25, -0.2) is 4.68 Å². The number of carbonyl (C=O) groups is 1. The minimum atomic E-state index is -0.394. The van der Waals surface area contributed by atoms with Gasteiger partial charge in [0.25, 0.3) is 5.56 Å². The van der Waals surface area contributed by atoms with E-state index in [9.17, 15) is 9.59 Å². The van der Waals surface area contributed by atoms with Gasteiger partial charge in [-0.3, -0.25) is 14.9 Å². The first-order chi connectivity index (χ1) is 11.2. The molecule has 23 heavy (non-hydrogen) atoms. The molecule has 0 spiro atoms. The standard InChI is InChI=1S/C14H13N5O3S/c1-22-8-12-17-18-14(23-12)16-11(20)7-19-13(21)10-5-3-2-4-9(10)6-15-19/h2-6H,7-8H2,1H3,(H,16,18,20). The third-order valence-electron chi connectivity index (χ3n) is 3.04. The zero-order valence-electron chi connectivity index (χ0n) is 12.2. The summed E-state index contributed by atoms with van der Waals surface area (Å²) in [4.78, 5) is 24.3. The molecular weight excluding hydrogens is 318 g/mol. The summed E-state index contributed by atoms with van der Waals surface area (Å²) in [5, 5.41) is 16.6. The first-order valence-electron chi connectivity index (χ1n) is 6.73. The van der Waals surface area contributed by atoms with E-state index in [1.165, 1.54) is 11.3 Å². The van der Waals surface area contributed by atoms with E-state index in [0.29, 0.717) is 22.1 Å². The molecule has 2 heterocycles. The third-order valence-corrected chi connectivity index (χ3v) is 3.85. The van der Waals surface area contributed by atoms with Crippen molar-refractivity contribution < 1.29 is 9.53 Å². The molecule has 0 aliphatic carbocycles. The maximum absolute atomic E-state index is 12.3. The van der Waals surface area contributed by atoms with Gasteiger partial charge in [-0.1, -0.05) is 29.5 Å². The van der Waals surface area contributed by atoms with E-state index in [4.69, 9.17) is 4.74 Å². The van der Waals surface area contributed by atoms with Crippen molar-refractivity contribution in [1.29, 1.82) is 0 Å². The Balaban J connectivity index is 1.74. The van der Waals surface area contributed by atoms with Crippen LogP contribution < -0.4 is 10.9 Å². The summed E-state index contributed by atoms with van der Waals surface area (Å²) in [6.07, 6.45) is 1.56. The van der Waals surface area contributed by atoms with Crippen LogP contribution in [0.15, 0.2) is 35.3 Å². The highest BCUT2D eigenvalue weighted by molar-refractivity contribution is 7.15. The van der Waals surface area contributed by atoms with Gasteiger partial charge in [0.15, 0.2) is 0 Å². The summed E-state index contributed by atoms with van der Waals surface area (Å²) in [6.45, 7) is 0.141. The average molecular weight is 331 g/mol. The molecule has 0 unspecified atom stereocenters. The van der Waals surface area contributed by atoms with Crippen molar-refractivity contribution in [2.45, 2.75) is 13.2 Å². The van der Waals surface area contributed by atoms with E-state index in [1.807, 2.05) is 6.07 Å². The Morgan fingerprint density at radius 3 is 3.00 bits per heavy atom. The summed E-state index contributed by atoms with van der Waals surface area (Å²) in [7, 11) is 1.55. The van der Waals surface area contributed by atoms with Crippen LogP contribution in [0.25, 0.3) is 10.8 Å². The Hall–Kier alpha value is -2.65. The van der Waals surface area contributed by atoms with Gasteiger partial charge in [-0.2, -0.15) is 5.10 Å². The molecule has 0 saturated carbocycles. The van der Waals surface area contributed by atoms with Crippen molar-refractivity contribution in [3.05, 3.63) is 45.8 Å². The first kappa shape index (κ1) is 15.3. The second-order valence-corrected chi connectivity index (χ2v) is 5.74. The molecule has 1 amide bonds. The van der Waals surface area contributed by atoms with Crippen LogP contribution in [0.5, 0.6) is 0 Å². The van der Waals surface area contributed by atoms with Crippen molar-refractivity contribution in [1.82, 2.24) is 20.0 Å². The SMILES string of the molecule is COCc1nnc(NC(=O)Cn2ncc3ccccc3c2=O)s1. The number of benzene rings is 1. The van der Waals surface area contributed by atoms with Crippen LogP contribution in [-0.4, -0.2) is 33.0 Å². The predicted molar refractivity (Wildman–Crippen MR) is 85.3 cm³/mol. The molecule has 0 fully saturated rings. The maximum Gasteiger partial charge on any atom is 0.275 e.